The molecule has 0 aliphatic carbocycles. The largest absolute Gasteiger partial charge is 0.480 e. The van der Waals surface area contributed by atoms with E-state index in [1.165, 1.54) is 6.07 Å². The molecule has 1 atom stereocenters. The van der Waals surface area contributed by atoms with E-state index in [0.29, 0.717) is 25.8 Å². The van der Waals surface area contributed by atoms with Gasteiger partial charge < -0.3 is 15.0 Å². The Labute approximate surface area is 136 Å². The van der Waals surface area contributed by atoms with E-state index < -0.39 is 12.0 Å². The minimum atomic E-state index is -1.00. The summed E-state index contributed by atoms with van der Waals surface area (Å²) in [5.41, 5.74) is 0.961. The van der Waals surface area contributed by atoms with Crippen LogP contribution in [0.2, 0.25) is 0 Å². The minimum absolute atomic E-state index is 0.0528. The van der Waals surface area contributed by atoms with Gasteiger partial charge in [0.25, 0.3) is 5.56 Å². The molecule has 0 aliphatic heterocycles. The summed E-state index contributed by atoms with van der Waals surface area (Å²) in [7, 11) is 0. The lowest BCUT2D eigenvalue weighted by molar-refractivity contribution is -0.142. The first-order chi connectivity index (χ1) is 10.8. The number of carboxylic acid groups (broad SMARTS) is 1. The van der Waals surface area contributed by atoms with Crippen LogP contribution in [-0.2, 0) is 16.1 Å². The number of carbonyl (C=O) groups is 2. The highest BCUT2D eigenvalue weighted by Gasteiger charge is 2.20. The van der Waals surface area contributed by atoms with Crippen LogP contribution in [0.4, 0.5) is 0 Å². The fraction of sp³-hybridized carbons (Fsp3) is 0.588. The number of aliphatic carboxylic acids is 1. The third-order valence-corrected chi connectivity index (χ3v) is 3.52. The Kier molecular flexibility index (Phi) is 7.51. The zero-order valence-electron chi connectivity index (χ0n) is 14.0. The number of hydrogen-bond acceptors (Lipinski definition) is 3. The molecule has 23 heavy (non-hydrogen) atoms. The summed E-state index contributed by atoms with van der Waals surface area (Å²) in [6.07, 6.45) is 3.78. The van der Waals surface area contributed by atoms with Gasteiger partial charge in [-0.15, -0.1) is 0 Å². The molecule has 2 N–H and O–H groups in total. The quantitative estimate of drug-likeness (QED) is 0.680. The van der Waals surface area contributed by atoms with Gasteiger partial charge in [-0.3, -0.25) is 9.59 Å². The fourth-order valence-corrected chi connectivity index (χ4v) is 2.35. The first-order valence-electron chi connectivity index (χ1n) is 7.99. The Balaban J connectivity index is 2.37. The molecule has 6 nitrogen and oxygen atoms in total. The van der Waals surface area contributed by atoms with Gasteiger partial charge in [0, 0.05) is 25.2 Å². The maximum Gasteiger partial charge on any atom is 0.326 e. The molecule has 0 saturated carbocycles. The summed E-state index contributed by atoms with van der Waals surface area (Å²) >= 11 is 0. The van der Waals surface area contributed by atoms with Gasteiger partial charge in [-0.25, -0.2) is 4.79 Å². The molecular weight excluding hydrogens is 296 g/mol. The summed E-state index contributed by atoms with van der Waals surface area (Å²) in [5, 5.41) is 11.7. The Morgan fingerprint density at radius 3 is 2.57 bits per heavy atom. The number of hydrogen-bond donors (Lipinski definition) is 2. The molecule has 0 aromatic carbocycles. The van der Waals surface area contributed by atoms with Gasteiger partial charge in [-0.05, 0) is 37.7 Å². The van der Waals surface area contributed by atoms with E-state index in [4.69, 9.17) is 5.11 Å². The second-order valence-electron chi connectivity index (χ2n) is 6.28. The summed E-state index contributed by atoms with van der Waals surface area (Å²) in [5.74, 6) is -1.06. The van der Waals surface area contributed by atoms with Crippen molar-refractivity contribution in [2.45, 2.75) is 59.0 Å². The van der Waals surface area contributed by atoms with E-state index in [-0.39, 0.29) is 23.8 Å². The van der Waals surface area contributed by atoms with Crippen molar-refractivity contribution in [3.05, 3.63) is 34.2 Å². The molecule has 6 heteroatoms. The Morgan fingerprint density at radius 2 is 1.96 bits per heavy atom. The van der Waals surface area contributed by atoms with Crippen LogP contribution in [-0.4, -0.2) is 27.6 Å². The van der Waals surface area contributed by atoms with Crippen molar-refractivity contribution >= 4 is 11.9 Å². The minimum Gasteiger partial charge on any atom is -0.480 e. The first kappa shape index (κ1) is 18.9. The summed E-state index contributed by atoms with van der Waals surface area (Å²) in [4.78, 5) is 34.6. The number of aromatic nitrogens is 1. The van der Waals surface area contributed by atoms with Crippen LogP contribution in [0.3, 0.4) is 0 Å². The number of unbranched alkanes of at least 4 members (excludes halogenated alkanes) is 1. The Hall–Kier alpha value is -2.11. The van der Waals surface area contributed by atoms with Crippen molar-refractivity contribution in [3.63, 3.8) is 0 Å². The molecule has 1 amide bonds. The van der Waals surface area contributed by atoms with E-state index in [2.05, 4.69) is 5.32 Å². The normalized spacial score (nSPS) is 12.2. The topological polar surface area (TPSA) is 88.4 Å². The van der Waals surface area contributed by atoms with Crippen molar-refractivity contribution in [1.29, 1.82) is 0 Å². The number of rotatable bonds is 9. The van der Waals surface area contributed by atoms with Gasteiger partial charge in [-0.1, -0.05) is 19.9 Å². The Morgan fingerprint density at radius 1 is 1.26 bits per heavy atom. The number of nitrogens with zero attached hydrogens (tertiary/aromatic N) is 1. The van der Waals surface area contributed by atoms with Crippen LogP contribution >= 0.6 is 0 Å². The average Bonchev–Trinajstić information content (AvgIpc) is 2.45. The molecular formula is C17H26N2O4. The molecule has 128 valence electrons. The van der Waals surface area contributed by atoms with Crippen molar-refractivity contribution in [2.75, 3.05) is 0 Å². The lowest BCUT2D eigenvalue weighted by Gasteiger charge is -2.16. The number of pyridine rings is 1. The SMILES string of the molecule is Cc1ccc(=O)n(CCCCC(=O)NC(CC(C)C)C(=O)O)c1. The zero-order valence-corrected chi connectivity index (χ0v) is 14.0. The predicted molar refractivity (Wildman–Crippen MR) is 88.3 cm³/mol. The van der Waals surface area contributed by atoms with E-state index in [1.54, 1.807) is 16.8 Å². The number of carboxylic acids is 1. The van der Waals surface area contributed by atoms with E-state index in [1.807, 2.05) is 20.8 Å². The van der Waals surface area contributed by atoms with Crippen LogP contribution in [0.1, 0.15) is 45.1 Å². The third kappa shape index (κ3) is 7.13. The predicted octanol–water partition coefficient (Wildman–Crippen LogP) is 1.94. The zero-order chi connectivity index (χ0) is 17.4. The van der Waals surface area contributed by atoms with Gasteiger partial charge in [0.1, 0.15) is 6.04 Å². The first-order valence-corrected chi connectivity index (χ1v) is 7.99. The molecule has 1 aromatic heterocycles. The summed E-state index contributed by atoms with van der Waals surface area (Å²) in [6.45, 7) is 6.32. The van der Waals surface area contributed by atoms with Gasteiger partial charge in [0.15, 0.2) is 0 Å². The molecule has 0 aliphatic rings. The summed E-state index contributed by atoms with van der Waals surface area (Å²) < 4.78 is 1.63. The molecule has 1 aromatic rings. The van der Waals surface area contributed by atoms with Crippen LogP contribution in [0.15, 0.2) is 23.1 Å². The van der Waals surface area contributed by atoms with E-state index in [9.17, 15) is 14.4 Å². The molecule has 1 unspecified atom stereocenters. The maximum absolute atomic E-state index is 11.8. The second-order valence-corrected chi connectivity index (χ2v) is 6.28. The smallest absolute Gasteiger partial charge is 0.326 e. The number of amides is 1. The lowest BCUT2D eigenvalue weighted by atomic mass is 10.0. The lowest BCUT2D eigenvalue weighted by Crippen LogP contribution is -2.41. The highest BCUT2D eigenvalue weighted by atomic mass is 16.4. The van der Waals surface area contributed by atoms with Gasteiger partial charge in [0.2, 0.25) is 5.91 Å². The Bertz CT molecular complexity index is 593. The van der Waals surface area contributed by atoms with Gasteiger partial charge >= 0.3 is 5.97 Å². The van der Waals surface area contributed by atoms with Crippen LogP contribution in [0, 0.1) is 12.8 Å². The van der Waals surface area contributed by atoms with Crippen LogP contribution in [0.5, 0.6) is 0 Å². The monoisotopic (exact) mass is 322 g/mol. The van der Waals surface area contributed by atoms with E-state index >= 15 is 0 Å². The van der Waals surface area contributed by atoms with Crippen molar-refractivity contribution in [1.82, 2.24) is 9.88 Å². The fourth-order valence-electron chi connectivity index (χ4n) is 2.35. The number of nitrogens with one attached hydrogen (secondary N) is 1. The molecule has 0 saturated heterocycles. The molecule has 1 rings (SSSR count). The highest BCUT2D eigenvalue weighted by Crippen LogP contribution is 2.06. The second kappa shape index (κ2) is 9.12. The molecule has 0 radical (unpaired) electrons. The third-order valence-electron chi connectivity index (χ3n) is 3.52. The molecule has 0 bridgehead atoms. The van der Waals surface area contributed by atoms with Crippen LogP contribution < -0.4 is 10.9 Å². The number of aryl methyl sites for hydroxylation is 2. The summed E-state index contributed by atoms with van der Waals surface area (Å²) in [6, 6.07) is 2.47. The average molecular weight is 322 g/mol. The molecule has 0 spiro atoms. The highest BCUT2D eigenvalue weighted by molar-refractivity contribution is 5.83. The standard InChI is InChI=1S/C17H26N2O4/c1-12(2)10-14(17(22)23)18-15(20)6-4-5-9-19-11-13(3)7-8-16(19)21/h7-8,11-12,14H,4-6,9-10H2,1-3H3,(H,18,20)(H,22,23). The maximum atomic E-state index is 11.8. The van der Waals surface area contributed by atoms with E-state index in [0.717, 1.165) is 5.56 Å². The molecule has 0 fully saturated rings. The number of carbonyl (C=O) groups excluding carboxylic acids is 1. The molecule has 1 heterocycles. The van der Waals surface area contributed by atoms with Gasteiger partial charge in [0.05, 0.1) is 0 Å². The van der Waals surface area contributed by atoms with Crippen molar-refractivity contribution in [2.24, 2.45) is 5.92 Å². The van der Waals surface area contributed by atoms with Crippen molar-refractivity contribution in [3.8, 4) is 0 Å². The van der Waals surface area contributed by atoms with Gasteiger partial charge in [-0.2, -0.15) is 0 Å². The van der Waals surface area contributed by atoms with Crippen molar-refractivity contribution < 1.29 is 14.7 Å². The van der Waals surface area contributed by atoms with Crippen LogP contribution in [0.25, 0.3) is 0 Å².